The summed E-state index contributed by atoms with van der Waals surface area (Å²) in [6.07, 6.45) is 0. The highest BCUT2D eigenvalue weighted by molar-refractivity contribution is 6.33. The first-order valence-electron chi connectivity index (χ1n) is 9.00. The van der Waals surface area contributed by atoms with E-state index < -0.39 is 11.7 Å². The maximum atomic E-state index is 13.7. The molecule has 0 bridgehead atoms. The fraction of sp³-hybridized carbons (Fsp3) is 0.190. The zero-order chi connectivity index (χ0) is 20.6. The summed E-state index contributed by atoms with van der Waals surface area (Å²) in [5, 5.41) is 10.8. The highest BCUT2D eigenvalue weighted by atomic mass is 35.5. The number of halogens is 2. The van der Waals surface area contributed by atoms with Gasteiger partial charge >= 0.3 is 0 Å². The molecule has 1 aromatic heterocycles. The van der Waals surface area contributed by atoms with E-state index in [0.717, 1.165) is 11.3 Å². The molecular weight excluding hydrogens is 397 g/mol. The molecule has 150 valence electrons. The lowest BCUT2D eigenvalue weighted by Gasteiger charge is -2.09. The van der Waals surface area contributed by atoms with E-state index in [2.05, 4.69) is 15.5 Å². The van der Waals surface area contributed by atoms with Crippen LogP contribution in [0.2, 0.25) is 5.02 Å². The highest BCUT2D eigenvalue weighted by Crippen LogP contribution is 2.21. The molecule has 29 heavy (non-hydrogen) atoms. The summed E-state index contributed by atoms with van der Waals surface area (Å²) in [4.78, 5) is 12.0. The third-order valence-corrected chi connectivity index (χ3v) is 4.24. The molecule has 1 N–H and O–H groups in total. The number of hydrogen-bond donors (Lipinski definition) is 1. The lowest BCUT2D eigenvalue weighted by Crippen LogP contribution is -2.29. The Balaban J connectivity index is 1.50. The van der Waals surface area contributed by atoms with Crippen LogP contribution >= 0.6 is 11.6 Å². The zero-order valence-corrected chi connectivity index (χ0v) is 16.4. The molecule has 0 saturated heterocycles. The molecule has 2 aromatic carbocycles. The van der Waals surface area contributed by atoms with Crippen LogP contribution in [0, 0.1) is 5.82 Å². The summed E-state index contributed by atoms with van der Waals surface area (Å²) in [5.41, 5.74) is 1.41. The second-order valence-electron chi connectivity index (χ2n) is 5.92. The average Bonchev–Trinajstić information content (AvgIpc) is 2.72. The summed E-state index contributed by atoms with van der Waals surface area (Å²) in [6.45, 7) is 2.85. The molecule has 0 aliphatic carbocycles. The summed E-state index contributed by atoms with van der Waals surface area (Å²) in [6, 6.07) is 15.1. The predicted molar refractivity (Wildman–Crippen MR) is 108 cm³/mol. The molecule has 6 nitrogen and oxygen atoms in total. The second kappa shape index (κ2) is 9.84. The Bertz CT molecular complexity index is 946. The molecule has 0 aliphatic heterocycles. The Hall–Kier alpha value is -3.19. The Morgan fingerprint density at radius 1 is 1.07 bits per heavy atom. The number of hydrogen-bond acceptors (Lipinski definition) is 5. The van der Waals surface area contributed by atoms with E-state index >= 15 is 0 Å². The molecule has 8 heteroatoms. The number of nitrogens with one attached hydrogen (secondary N) is 1. The van der Waals surface area contributed by atoms with Crippen molar-refractivity contribution in [2.75, 3.05) is 19.8 Å². The van der Waals surface area contributed by atoms with Crippen LogP contribution in [0.5, 0.6) is 11.6 Å². The van der Waals surface area contributed by atoms with Gasteiger partial charge in [0.05, 0.1) is 29.4 Å². The van der Waals surface area contributed by atoms with Crippen molar-refractivity contribution in [2.24, 2.45) is 0 Å². The number of carbonyl (C=O) groups is 1. The van der Waals surface area contributed by atoms with Crippen molar-refractivity contribution >= 4 is 17.5 Å². The topological polar surface area (TPSA) is 73.3 Å². The first-order chi connectivity index (χ1) is 14.1. The van der Waals surface area contributed by atoms with Crippen LogP contribution in [-0.2, 0) is 0 Å². The van der Waals surface area contributed by atoms with Crippen LogP contribution in [0.4, 0.5) is 4.39 Å². The van der Waals surface area contributed by atoms with Gasteiger partial charge in [-0.25, -0.2) is 4.39 Å². The highest BCUT2D eigenvalue weighted by Gasteiger charge is 2.15. The summed E-state index contributed by atoms with van der Waals surface area (Å²) < 4.78 is 24.6. The SMILES string of the molecule is CCOc1ccc(-c2ccc(OCCNC(=O)c3c(F)cccc3Cl)nn2)cc1. The number of rotatable bonds is 8. The molecule has 1 amide bonds. The van der Waals surface area contributed by atoms with Crippen LogP contribution in [0.15, 0.2) is 54.6 Å². The lowest BCUT2D eigenvalue weighted by atomic mass is 10.1. The van der Waals surface area contributed by atoms with Crippen LogP contribution in [-0.4, -0.2) is 35.9 Å². The number of aromatic nitrogens is 2. The molecule has 0 atom stereocenters. The van der Waals surface area contributed by atoms with Gasteiger partial charge in [-0.05, 0) is 49.4 Å². The fourth-order valence-corrected chi connectivity index (χ4v) is 2.81. The van der Waals surface area contributed by atoms with Gasteiger partial charge in [-0.15, -0.1) is 10.2 Å². The molecule has 0 fully saturated rings. The first-order valence-corrected chi connectivity index (χ1v) is 9.38. The monoisotopic (exact) mass is 415 g/mol. The van der Waals surface area contributed by atoms with E-state index in [-0.39, 0.29) is 23.7 Å². The fourth-order valence-electron chi connectivity index (χ4n) is 2.56. The van der Waals surface area contributed by atoms with Crippen molar-refractivity contribution in [2.45, 2.75) is 6.92 Å². The molecule has 0 radical (unpaired) electrons. The van der Waals surface area contributed by atoms with Crippen molar-refractivity contribution in [1.82, 2.24) is 15.5 Å². The molecule has 3 rings (SSSR count). The third kappa shape index (κ3) is 5.42. The maximum Gasteiger partial charge on any atom is 0.255 e. The largest absolute Gasteiger partial charge is 0.494 e. The summed E-state index contributed by atoms with van der Waals surface area (Å²) >= 11 is 5.87. The van der Waals surface area contributed by atoms with Gasteiger partial charge in [-0.2, -0.15) is 0 Å². The quantitative estimate of drug-likeness (QED) is 0.559. The number of carbonyl (C=O) groups excluding carboxylic acids is 1. The van der Waals surface area contributed by atoms with Gasteiger partial charge in [0.1, 0.15) is 18.2 Å². The Morgan fingerprint density at radius 3 is 2.52 bits per heavy atom. The van der Waals surface area contributed by atoms with Crippen molar-refractivity contribution in [1.29, 1.82) is 0 Å². The van der Waals surface area contributed by atoms with Gasteiger partial charge in [0.25, 0.3) is 5.91 Å². The van der Waals surface area contributed by atoms with E-state index in [0.29, 0.717) is 18.2 Å². The van der Waals surface area contributed by atoms with Gasteiger partial charge in [0.15, 0.2) is 0 Å². The normalized spacial score (nSPS) is 10.4. The summed E-state index contributed by atoms with van der Waals surface area (Å²) in [5.74, 6) is -0.166. The molecule has 0 spiro atoms. The molecule has 1 heterocycles. The number of nitrogens with zero attached hydrogens (tertiary/aromatic N) is 2. The predicted octanol–water partition coefficient (Wildman–Crippen LogP) is 4.14. The molecule has 0 saturated carbocycles. The van der Waals surface area contributed by atoms with Gasteiger partial charge in [0, 0.05) is 11.6 Å². The van der Waals surface area contributed by atoms with Crippen LogP contribution < -0.4 is 14.8 Å². The van der Waals surface area contributed by atoms with Crippen LogP contribution in [0.3, 0.4) is 0 Å². The van der Waals surface area contributed by atoms with Gasteiger partial charge in [-0.1, -0.05) is 17.7 Å². The van der Waals surface area contributed by atoms with Crippen LogP contribution in [0.25, 0.3) is 11.3 Å². The van der Waals surface area contributed by atoms with Crippen molar-refractivity contribution in [3.63, 3.8) is 0 Å². The Labute approximate surface area is 172 Å². The summed E-state index contributed by atoms with van der Waals surface area (Å²) in [7, 11) is 0. The molecular formula is C21H19ClFN3O3. The average molecular weight is 416 g/mol. The Morgan fingerprint density at radius 2 is 1.86 bits per heavy atom. The van der Waals surface area contributed by atoms with E-state index in [1.807, 2.05) is 31.2 Å². The minimum absolute atomic E-state index is 0.0548. The maximum absolute atomic E-state index is 13.7. The van der Waals surface area contributed by atoms with E-state index in [4.69, 9.17) is 21.1 Å². The molecule has 0 aliphatic rings. The molecule has 0 unspecified atom stereocenters. The number of amides is 1. The van der Waals surface area contributed by atoms with Gasteiger partial charge < -0.3 is 14.8 Å². The smallest absolute Gasteiger partial charge is 0.255 e. The third-order valence-electron chi connectivity index (χ3n) is 3.93. The Kier molecular flexibility index (Phi) is 6.97. The van der Waals surface area contributed by atoms with Gasteiger partial charge in [-0.3, -0.25) is 4.79 Å². The van der Waals surface area contributed by atoms with Crippen molar-refractivity contribution in [3.8, 4) is 22.9 Å². The van der Waals surface area contributed by atoms with Crippen molar-refractivity contribution in [3.05, 3.63) is 71.0 Å². The van der Waals surface area contributed by atoms with E-state index in [1.165, 1.54) is 18.2 Å². The minimum atomic E-state index is -0.674. The van der Waals surface area contributed by atoms with Crippen LogP contribution in [0.1, 0.15) is 17.3 Å². The number of benzene rings is 2. The van der Waals surface area contributed by atoms with Crippen molar-refractivity contribution < 1.29 is 18.7 Å². The minimum Gasteiger partial charge on any atom is -0.494 e. The standard InChI is InChI=1S/C21H19ClFN3O3/c1-2-28-15-8-6-14(7-9-15)18-10-11-19(26-25-18)29-13-12-24-21(27)20-16(22)4-3-5-17(20)23/h3-11H,2,12-13H2,1H3,(H,24,27). The van der Waals surface area contributed by atoms with Gasteiger partial charge in [0.2, 0.25) is 5.88 Å². The first kappa shape index (κ1) is 20.5. The lowest BCUT2D eigenvalue weighted by molar-refractivity contribution is 0.0942. The van der Waals surface area contributed by atoms with E-state index in [1.54, 1.807) is 12.1 Å². The second-order valence-corrected chi connectivity index (χ2v) is 6.32. The molecule has 3 aromatic rings. The number of ether oxygens (including phenoxy) is 2. The van der Waals surface area contributed by atoms with E-state index in [9.17, 15) is 9.18 Å². The zero-order valence-electron chi connectivity index (χ0n) is 15.7.